The van der Waals surface area contributed by atoms with Gasteiger partial charge in [-0.05, 0) is 24.6 Å². The summed E-state index contributed by atoms with van der Waals surface area (Å²) in [4.78, 5) is 23.1. The number of aldehydes is 1. The molecular weight excluding hydrogens is 341 g/mol. The molecular formula is C15H17BrFNO3. The van der Waals surface area contributed by atoms with Crippen LogP contribution in [0.1, 0.15) is 25.8 Å². The van der Waals surface area contributed by atoms with Crippen molar-refractivity contribution < 1.29 is 18.7 Å². The van der Waals surface area contributed by atoms with Gasteiger partial charge in [-0.25, -0.2) is 4.39 Å². The molecule has 1 aromatic carbocycles. The van der Waals surface area contributed by atoms with Crippen LogP contribution in [0.2, 0.25) is 0 Å². The number of alkyl halides is 1. The number of nitrogens with one attached hydrogen (secondary N) is 1. The highest BCUT2D eigenvalue weighted by Crippen LogP contribution is 2.43. The van der Waals surface area contributed by atoms with Gasteiger partial charge in [0.05, 0.1) is 12.7 Å². The maximum absolute atomic E-state index is 15.4. The second-order valence-corrected chi connectivity index (χ2v) is 6.32. The number of ether oxygens (including phenoxy) is 1. The van der Waals surface area contributed by atoms with Crippen molar-refractivity contribution in [1.82, 2.24) is 5.32 Å². The summed E-state index contributed by atoms with van der Waals surface area (Å²) in [6.45, 7) is 2.90. The van der Waals surface area contributed by atoms with E-state index < -0.39 is 23.2 Å². The van der Waals surface area contributed by atoms with Crippen molar-refractivity contribution in [2.24, 2.45) is 0 Å². The van der Waals surface area contributed by atoms with Gasteiger partial charge in [0, 0.05) is 17.8 Å². The van der Waals surface area contributed by atoms with Crippen LogP contribution >= 0.6 is 15.9 Å². The average Bonchev–Trinajstić information content (AvgIpc) is 2.42. The second kappa shape index (κ2) is 5.85. The molecule has 6 heteroatoms. The molecule has 4 nitrogen and oxygen atoms in total. The standard InChI is InChI=1S/C15H17BrFNO3/c1-10-7-14(17,8-19)15(9-21-10,18-11(2)20)12-4-3-5-13(16)6-12/h3-6,8,10H,7,9H2,1-2H3,(H,18,20)/t10-,14+,15+/m0/s1. The van der Waals surface area contributed by atoms with E-state index in [0.717, 1.165) is 4.47 Å². The van der Waals surface area contributed by atoms with Crippen molar-refractivity contribution in [3.05, 3.63) is 34.3 Å². The highest BCUT2D eigenvalue weighted by atomic mass is 79.9. The fraction of sp³-hybridized carbons (Fsp3) is 0.467. The van der Waals surface area contributed by atoms with Crippen LogP contribution < -0.4 is 5.32 Å². The van der Waals surface area contributed by atoms with Crippen molar-refractivity contribution in [2.45, 2.75) is 37.6 Å². The van der Waals surface area contributed by atoms with Gasteiger partial charge in [0.2, 0.25) is 5.91 Å². The molecule has 1 heterocycles. The van der Waals surface area contributed by atoms with Gasteiger partial charge in [-0.15, -0.1) is 0 Å². The quantitative estimate of drug-likeness (QED) is 0.845. The number of hydrogen-bond acceptors (Lipinski definition) is 3. The maximum atomic E-state index is 15.4. The summed E-state index contributed by atoms with van der Waals surface area (Å²) >= 11 is 3.33. The van der Waals surface area contributed by atoms with Crippen molar-refractivity contribution in [1.29, 1.82) is 0 Å². The minimum atomic E-state index is -2.23. The van der Waals surface area contributed by atoms with Crippen molar-refractivity contribution in [2.75, 3.05) is 6.61 Å². The molecule has 0 aromatic heterocycles. The monoisotopic (exact) mass is 357 g/mol. The van der Waals surface area contributed by atoms with Gasteiger partial charge in [-0.1, -0.05) is 28.1 Å². The summed E-state index contributed by atoms with van der Waals surface area (Å²) in [7, 11) is 0. The lowest BCUT2D eigenvalue weighted by Gasteiger charge is -2.48. The number of amides is 1. The first-order valence-corrected chi connectivity index (χ1v) is 7.44. The highest BCUT2D eigenvalue weighted by Gasteiger charge is 2.58. The largest absolute Gasteiger partial charge is 0.375 e. The molecule has 1 aliphatic rings. The molecule has 1 N–H and O–H groups in total. The first kappa shape index (κ1) is 16.1. The van der Waals surface area contributed by atoms with Gasteiger partial charge in [0.15, 0.2) is 12.0 Å². The number of hydrogen-bond donors (Lipinski definition) is 1. The maximum Gasteiger partial charge on any atom is 0.217 e. The molecule has 0 saturated carbocycles. The van der Waals surface area contributed by atoms with E-state index in [1.807, 2.05) is 0 Å². The van der Waals surface area contributed by atoms with Crippen LogP contribution in [0, 0.1) is 0 Å². The first-order chi connectivity index (χ1) is 9.83. The smallest absolute Gasteiger partial charge is 0.217 e. The van der Waals surface area contributed by atoms with E-state index in [-0.39, 0.29) is 19.3 Å². The highest BCUT2D eigenvalue weighted by molar-refractivity contribution is 9.10. The SMILES string of the molecule is CC(=O)N[C@@]1(c2cccc(Br)c2)CO[C@@H](C)C[C@@]1(F)C=O. The van der Waals surface area contributed by atoms with Gasteiger partial charge < -0.3 is 10.1 Å². The molecule has 114 valence electrons. The Morgan fingerprint density at radius 3 is 2.86 bits per heavy atom. The van der Waals surface area contributed by atoms with Crippen LogP contribution in [0.3, 0.4) is 0 Å². The Labute approximate surface area is 131 Å². The van der Waals surface area contributed by atoms with Gasteiger partial charge in [0.1, 0.15) is 5.54 Å². The van der Waals surface area contributed by atoms with Crippen LogP contribution in [-0.2, 0) is 19.9 Å². The summed E-state index contributed by atoms with van der Waals surface area (Å²) in [6, 6.07) is 6.88. The lowest BCUT2D eigenvalue weighted by Crippen LogP contribution is -2.66. The van der Waals surface area contributed by atoms with E-state index in [0.29, 0.717) is 5.56 Å². The number of benzene rings is 1. The van der Waals surface area contributed by atoms with E-state index in [1.165, 1.54) is 6.92 Å². The lowest BCUT2D eigenvalue weighted by molar-refractivity contribution is -0.155. The summed E-state index contributed by atoms with van der Waals surface area (Å²) < 4.78 is 21.7. The lowest BCUT2D eigenvalue weighted by atomic mass is 9.72. The molecule has 1 aromatic rings. The van der Waals surface area contributed by atoms with Crippen molar-refractivity contribution >= 4 is 28.1 Å². The second-order valence-electron chi connectivity index (χ2n) is 5.40. The molecule has 1 fully saturated rings. The Bertz CT molecular complexity index is 568. The fourth-order valence-corrected chi connectivity index (χ4v) is 3.18. The summed E-state index contributed by atoms with van der Waals surface area (Å²) in [5, 5.41) is 2.61. The van der Waals surface area contributed by atoms with E-state index >= 15 is 4.39 Å². The van der Waals surface area contributed by atoms with Crippen LogP contribution in [0.5, 0.6) is 0 Å². The Hall–Kier alpha value is -1.27. The zero-order valence-electron chi connectivity index (χ0n) is 11.9. The third kappa shape index (κ3) is 2.87. The van der Waals surface area contributed by atoms with Crippen molar-refractivity contribution in [3.8, 4) is 0 Å². The summed E-state index contributed by atoms with van der Waals surface area (Å²) in [5.74, 6) is -0.419. The molecule has 0 spiro atoms. The molecule has 0 bridgehead atoms. The minimum absolute atomic E-state index is 0.0978. The molecule has 0 unspecified atom stereocenters. The predicted molar refractivity (Wildman–Crippen MR) is 79.6 cm³/mol. The molecule has 3 atom stereocenters. The third-order valence-corrected chi connectivity index (χ3v) is 4.27. The minimum Gasteiger partial charge on any atom is -0.375 e. The Balaban J connectivity index is 2.60. The first-order valence-electron chi connectivity index (χ1n) is 6.64. The van der Waals surface area contributed by atoms with Crippen LogP contribution in [-0.4, -0.2) is 30.6 Å². The molecule has 1 amide bonds. The predicted octanol–water partition coefficient (Wildman–Crippen LogP) is 2.50. The van der Waals surface area contributed by atoms with Gasteiger partial charge in [0.25, 0.3) is 0 Å². The molecule has 0 aliphatic carbocycles. The fourth-order valence-electron chi connectivity index (χ4n) is 2.78. The number of carbonyl (C=O) groups excluding carboxylic acids is 2. The summed E-state index contributed by atoms with van der Waals surface area (Å²) in [6.07, 6.45) is -0.221. The molecule has 1 aliphatic heterocycles. The van der Waals surface area contributed by atoms with E-state index in [2.05, 4.69) is 21.2 Å². The van der Waals surface area contributed by atoms with Crippen LogP contribution in [0.15, 0.2) is 28.7 Å². The van der Waals surface area contributed by atoms with Crippen LogP contribution in [0.25, 0.3) is 0 Å². The molecule has 1 saturated heterocycles. The normalized spacial score (nSPS) is 32.5. The number of carbonyl (C=O) groups is 2. The zero-order chi connectivity index (χ0) is 15.7. The van der Waals surface area contributed by atoms with Crippen LogP contribution in [0.4, 0.5) is 4.39 Å². The topological polar surface area (TPSA) is 55.4 Å². The molecule has 0 radical (unpaired) electrons. The van der Waals surface area contributed by atoms with Crippen molar-refractivity contribution in [3.63, 3.8) is 0 Å². The Kier molecular flexibility index (Phi) is 4.49. The Morgan fingerprint density at radius 1 is 1.57 bits per heavy atom. The van der Waals surface area contributed by atoms with Gasteiger partial charge in [-0.2, -0.15) is 0 Å². The van der Waals surface area contributed by atoms with Gasteiger partial charge in [-0.3, -0.25) is 9.59 Å². The Morgan fingerprint density at radius 2 is 2.29 bits per heavy atom. The molecule has 2 rings (SSSR count). The average molecular weight is 358 g/mol. The number of halogens is 2. The van der Waals surface area contributed by atoms with E-state index in [9.17, 15) is 9.59 Å². The van der Waals surface area contributed by atoms with E-state index in [4.69, 9.17) is 4.74 Å². The zero-order valence-corrected chi connectivity index (χ0v) is 13.4. The number of rotatable bonds is 3. The third-order valence-electron chi connectivity index (χ3n) is 3.77. The van der Waals surface area contributed by atoms with Gasteiger partial charge >= 0.3 is 0 Å². The summed E-state index contributed by atoms with van der Waals surface area (Å²) in [5.41, 5.74) is -3.25. The van der Waals surface area contributed by atoms with E-state index in [1.54, 1.807) is 31.2 Å². The molecule has 21 heavy (non-hydrogen) atoms.